The highest BCUT2D eigenvalue weighted by Gasteiger charge is 2.24. The van der Waals surface area contributed by atoms with E-state index in [-0.39, 0.29) is 17.7 Å². The number of carbonyl (C=O) groups is 2. The van der Waals surface area contributed by atoms with E-state index < -0.39 is 0 Å². The van der Waals surface area contributed by atoms with Crippen molar-refractivity contribution in [2.45, 2.75) is 32.1 Å². The van der Waals surface area contributed by atoms with E-state index in [0.717, 1.165) is 36.9 Å². The van der Waals surface area contributed by atoms with Gasteiger partial charge in [0, 0.05) is 32.1 Å². The van der Waals surface area contributed by atoms with Gasteiger partial charge in [-0.25, -0.2) is 0 Å². The number of hydrogen-bond acceptors (Lipinski definition) is 2. The fourth-order valence-corrected chi connectivity index (χ4v) is 2.14. The quantitative estimate of drug-likeness (QED) is 0.896. The molecule has 0 aliphatic heterocycles. The van der Waals surface area contributed by atoms with Crippen molar-refractivity contribution >= 4 is 17.5 Å². The Morgan fingerprint density at radius 1 is 1.20 bits per heavy atom. The molecule has 2 amide bonds. The van der Waals surface area contributed by atoms with Crippen molar-refractivity contribution in [2.24, 2.45) is 5.92 Å². The van der Waals surface area contributed by atoms with Crippen LogP contribution in [-0.4, -0.2) is 30.8 Å². The van der Waals surface area contributed by atoms with Crippen LogP contribution in [0.25, 0.3) is 0 Å². The number of nitrogens with one attached hydrogen (secondary N) is 1. The smallest absolute Gasteiger partial charge is 0.227 e. The standard InChI is InChI=1S/C16H22N2O2/c1-18(2)15(19)11-8-12-6-9-14(10-7-12)17-16(20)13-4-3-5-13/h6-7,9-10,13H,3-5,8,11H2,1-2H3,(H,17,20). The third kappa shape index (κ3) is 3.83. The molecule has 1 aromatic rings. The molecule has 108 valence electrons. The molecule has 2 rings (SSSR count). The lowest BCUT2D eigenvalue weighted by atomic mass is 9.85. The lowest BCUT2D eigenvalue weighted by molar-refractivity contribution is -0.128. The van der Waals surface area contributed by atoms with Gasteiger partial charge < -0.3 is 10.2 Å². The summed E-state index contributed by atoms with van der Waals surface area (Å²) < 4.78 is 0. The van der Waals surface area contributed by atoms with Gasteiger partial charge in [-0.05, 0) is 37.0 Å². The fraction of sp³-hybridized carbons (Fsp3) is 0.500. The molecular weight excluding hydrogens is 252 g/mol. The zero-order valence-electron chi connectivity index (χ0n) is 12.2. The number of carbonyl (C=O) groups excluding carboxylic acids is 2. The minimum atomic E-state index is 0.131. The molecule has 0 aromatic heterocycles. The van der Waals surface area contributed by atoms with Crippen molar-refractivity contribution in [3.05, 3.63) is 29.8 Å². The van der Waals surface area contributed by atoms with Gasteiger partial charge in [-0.15, -0.1) is 0 Å². The first kappa shape index (κ1) is 14.6. The molecule has 4 heteroatoms. The van der Waals surface area contributed by atoms with Gasteiger partial charge in [0.25, 0.3) is 0 Å². The zero-order valence-corrected chi connectivity index (χ0v) is 12.2. The second-order valence-corrected chi connectivity index (χ2v) is 5.60. The highest BCUT2D eigenvalue weighted by atomic mass is 16.2. The minimum Gasteiger partial charge on any atom is -0.349 e. The summed E-state index contributed by atoms with van der Waals surface area (Å²) >= 11 is 0. The Balaban J connectivity index is 1.83. The van der Waals surface area contributed by atoms with Crippen LogP contribution in [0, 0.1) is 5.92 Å². The second-order valence-electron chi connectivity index (χ2n) is 5.60. The van der Waals surface area contributed by atoms with Gasteiger partial charge in [-0.1, -0.05) is 18.6 Å². The van der Waals surface area contributed by atoms with Crippen molar-refractivity contribution in [1.82, 2.24) is 4.90 Å². The molecule has 0 spiro atoms. The summed E-state index contributed by atoms with van der Waals surface area (Å²) in [7, 11) is 3.53. The summed E-state index contributed by atoms with van der Waals surface area (Å²) in [6.45, 7) is 0. The molecule has 1 N–H and O–H groups in total. The maximum atomic E-state index is 11.8. The van der Waals surface area contributed by atoms with Crippen molar-refractivity contribution in [3.63, 3.8) is 0 Å². The highest BCUT2D eigenvalue weighted by molar-refractivity contribution is 5.93. The van der Waals surface area contributed by atoms with Gasteiger partial charge in [0.1, 0.15) is 0 Å². The SMILES string of the molecule is CN(C)C(=O)CCc1ccc(NC(=O)C2CCC2)cc1. The van der Waals surface area contributed by atoms with Crippen LogP contribution >= 0.6 is 0 Å². The van der Waals surface area contributed by atoms with Gasteiger partial charge >= 0.3 is 0 Å². The Morgan fingerprint density at radius 2 is 1.85 bits per heavy atom. The summed E-state index contributed by atoms with van der Waals surface area (Å²) in [6, 6.07) is 7.76. The summed E-state index contributed by atoms with van der Waals surface area (Å²) in [4.78, 5) is 24.9. The molecular formula is C16H22N2O2. The number of aryl methyl sites for hydroxylation is 1. The number of amides is 2. The molecule has 1 aliphatic carbocycles. The zero-order chi connectivity index (χ0) is 14.5. The maximum absolute atomic E-state index is 11.8. The summed E-state index contributed by atoms with van der Waals surface area (Å²) in [6.07, 6.45) is 4.43. The third-order valence-corrected chi connectivity index (χ3v) is 3.82. The monoisotopic (exact) mass is 274 g/mol. The summed E-state index contributed by atoms with van der Waals surface area (Å²) in [5.74, 6) is 0.464. The first-order chi connectivity index (χ1) is 9.56. The lowest BCUT2D eigenvalue weighted by Crippen LogP contribution is -2.27. The van der Waals surface area contributed by atoms with E-state index in [0.29, 0.717) is 6.42 Å². The van der Waals surface area contributed by atoms with Gasteiger partial charge in [-0.3, -0.25) is 9.59 Å². The molecule has 0 saturated heterocycles. The molecule has 1 aliphatic rings. The van der Waals surface area contributed by atoms with Gasteiger partial charge in [0.2, 0.25) is 11.8 Å². The molecule has 0 unspecified atom stereocenters. The predicted octanol–water partition coefficient (Wildman–Crippen LogP) is 2.45. The average Bonchev–Trinajstić information content (AvgIpc) is 2.35. The Kier molecular flexibility index (Phi) is 4.77. The summed E-state index contributed by atoms with van der Waals surface area (Å²) in [5.41, 5.74) is 1.95. The molecule has 0 atom stereocenters. The molecule has 4 nitrogen and oxygen atoms in total. The molecule has 0 heterocycles. The van der Waals surface area contributed by atoms with Crippen LogP contribution in [0.4, 0.5) is 5.69 Å². The number of benzene rings is 1. The van der Waals surface area contributed by atoms with Crippen molar-refractivity contribution < 1.29 is 9.59 Å². The maximum Gasteiger partial charge on any atom is 0.227 e. The van der Waals surface area contributed by atoms with Gasteiger partial charge in [0.15, 0.2) is 0 Å². The largest absolute Gasteiger partial charge is 0.349 e. The number of nitrogens with zero attached hydrogens (tertiary/aromatic N) is 1. The molecule has 0 bridgehead atoms. The molecule has 20 heavy (non-hydrogen) atoms. The number of rotatable bonds is 5. The minimum absolute atomic E-state index is 0.131. The van der Waals surface area contributed by atoms with E-state index in [2.05, 4.69) is 5.32 Å². The van der Waals surface area contributed by atoms with E-state index >= 15 is 0 Å². The summed E-state index contributed by atoms with van der Waals surface area (Å²) in [5, 5.41) is 2.94. The molecule has 1 aromatic carbocycles. The predicted molar refractivity (Wildman–Crippen MR) is 79.4 cm³/mol. The second kappa shape index (κ2) is 6.55. The Morgan fingerprint density at radius 3 is 2.35 bits per heavy atom. The van der Waals surface area contributed by atoms with E-state index in [1.54, 1.807) is 19.0 Å². The van der Waals surface area contributed by atoms with Crippen LogP contribution in [0.5, 0.6) is 0 Å². The van der Waals surface area contributed by atoms with Crippen LogP contribution in [0.1, 0.15) is 31.2 Å². The van der Waals surface area contributed by atoms with Crippen molar-refractivity contribution in [3.8, 4) is 0 Å². The van der Waals surface area contributed by atoms with Gasteiger partial charge in [0.05, 0.1) is 0 Å². The van der Waals surface area contributed by atoms with Crippen molar-refractivity contribution in [2.75, 3.05) is 19.4 Å². The van der Waals surface area contributed by atoms with Crippen LogP contribution in [0.15, 0.2) is 24.3 Å². The topological polar surface area (TPSA) is 49.4 Å². The first-order valence-electron chi connectivity index (χ1n) is 7.16. The highest BCUT2D eigenvalue weighted by Crippen LogP contribution is 2.27. The van der Waals surface area contributed by atoms with Crippen LogP contribution in [0.2, 0.25) is 0 Å². The Hall–Kier alpha value is -1.84. The van der Waals surface area contributed by atoms with Crippen LogP contribution in [-0.2, 0) is 16.0 Å². The fourth-order valence-electron chi connectivity index (χ4n) is 2.14. The van der Waals surface area contributed by atoms with Crippen LogP contribution < -0.4 is 5.32 Å². The third-order valence-electron chi connectivity index (χ3n) is 3.82. The number of anilines is 1. The van der Waals surface area contributed by atoms with E-state index in [1.807, 2.05) is 24.3 Å². The number of hydrogen-bond donors (Lipinski definition) is 1. The Labute approximate surface area is 120 Å². The average molecular weight is 274 g/mol. The molecule has 1 fully saturated rings. The Bertz CT molecular complexity index is 476. The first-order valence-corrected chi connectivity index (χ1v) is 7.16. The lowest BCUT2D eigenvalue weighted by Gasteiger charge is -2.24. The normalized spacial score (nSPS) is 14.5. The molecule has 1 saturated carbocycles. The van der Waals surface area contributed by atoms with E-state index in [9.17, 15) is 9.59 Å². The van der Waals surface area contributed by atoms with Gasteiger partial charge in [-0.2, -0.15) is 0 Å². The van der Waals surface area contributed by atoms with Crippen LogP contribution in [0.3, 0.4) is 0 Å². The van der Waals surface area contributed by atoms with E-state index in [1.165, 1.54) is 0 Å². The van der Waals surface area contributed by atoms with Crippen molar-refractivity contribution in [1.29, 1.82) is 0 Å². The molecule has 0 radical (unpaired) electrons. The van der Waals surface area contributed by atoms with E-state index in [4.69, 9.17) is 0 Å².